The number of likely N-dealkylation sites (N-methyl/N-ethyl adjacent to an activating group) is 2. The van der Waals surface area contributed by atoms with Gasteiger partial charge in [-0.25, -0.2) is 4.79 Å². The van der Waals surface area contributed by atoms with Gasteiger partial charge < -0.3 is 25.2 Å². The highest BCUT2D eigenvalue weighted by Crippen LogP contribution is 2.38. The number of fused-ring (bicyclic) bond motifs is 1. The van der Waals surface area contributed by atoms with Crippen LogP contribution in [0, 0.1) is 0 Å². The van der Waals surface area contributed by atoms with Gasteiger partial charge in [0.15, 0.2) is 0 Å². The Morgan fingerprint density at radius 1 is 0.978 bits per heavy atom. The number of carbonyl (C=O) groups is 3. The van der Waals surface area contributed by atoms with Crippen molar-refractivity contribution in [2.45, 2.75) is 0 Å². The molecule has 1 fully saturated rings. The van der Waals surface area contributed by atoms with Gasteiger partial charge in [0, 0.05) is 50.2 Å². The molecule has 3 aromatic carbocycles. The molecule has 5 rings (SSSR count). The molecule has 0 saturated carbocycles. The Balaban J connectivity index is 0.000000854. The molecule has 0 bridgehead atoms. The largest absolute Gasteiger partial charge is 0.465 e. The van der Waals surface area contributed by atoms with Crippen molar-refractivity contribution >= 4 is 56.2 Å². The van der Waals surface area contributed by atoms with E-state index in [4.69, 9.17) is 9.29 Å². The van der Waals surface area contributed by atoms with Gasteiger partial charge >= 0.3 is 5.97 Å². The van der Waals surface area contributed by atoms with Crippen LogP contribution in [0.2, 0.25) is 0 Å². The molecule has 0 aromatic heterocycles. The molecule has 1 saturated heterocycles. The zero-order chi connectivity index (χ0) is 32.7. The van der Waals surface area contributed by atoms with Crippen LogP contribution in [0.25, 0.3) is 11.3 Å². The number of rotatable bonds is 7. The van der Waals surface area contributed by atoms with E-state index in [1.807, 2.05) is 54.6 Å². The summed E-state index contributed by atoms with van der Waals surface area (Å²) in [6.45, 7) is 4.09. The molecule has 0 aliphatic carbocycles. The lowest BCUT2D eigenvalue weighted by molar-refractivity contribution is -0.119. The third kappa shape index (κ3) is 8.99. The number of ether oxygens (including phenoxy) is 1. The molecular formula is C32H37N5O7S. The van der Waals surface area contributed by atoms with Gasteiger partial charge in [0.05, 0.1) is 42.4 Å². The number of carbonyl (C=O) groups excluding carboxylic acids is 3. The van der Waals surface area contributed by atoms with E-state index in [1.165, 1.54) is 7.11 Å². The molecular weight excluding hydrogens is 598 g/mol. The highest BCUT2D eigenvalue weighted by Gasteiger charge is 2.29. The van der Waals surface area contributed by atoms with Gasteiger partial charge in [-0.2, -0.15) is 8.42 Å². The van der Waals surface area contributed by atoms with Gasteiger partial charge in [-0.15, -0.1) is 0 Å². The van der Waals surface area contributed by atoms with E-state index in [-0.39, 0.29) is 11.8 Å². The molecule has 0 spiro atoms. The molecule has 2 aliphatic heterocycles. The molecule has 2 heterocycles. The zero-order valence-corrected chi connectivity index (χ0v) is 26.4. The van der Waals surface area contributed by atoms with E-state index < -0.39 is 16.1 Å². The number of hydrogen-bond acceptors (Lipinski definition) is 9. The molecule has 0 radical (unpaired) electrons. The Bertz CT molecular complexity index is 1680. The number of nitrogens with zero attached hydrogens (tertiary/aromatic N) is 3. The predicted molar refractivity (Wildman–Crippen MR) is 175 cm³/mol. The lowest BCUT2D eigenvalue weighted by atomic mass is 9.99. The average Bonchev–Trinajstić information content (AvgIpc) is 3.34. The molecule has 238 valence electrons. The topological polar surface area (TPSA) is 149 Å². The van der Waals surface area contributed by atoms with E-state index in [9.17, 15) is 22.8 Å². The second-order valence-electron chi connectivity index (χ2n) is 10.8. The molecule has 3 aromatic rings. The summed E-state index contributed by atoms with van der Waals surface area (Å²) in [6, 6.07) is 22.2. The van der Waals surface area contributed by atoms with Crippen LogP contribution in [-0.2, 0) is 24.4 Å². The number of amides is 2. The van der Waals surface area contributed by atoms with Gasteiger partial charge in [0.1, 0.15) is 0 Å². The van der Waals surface area contributed by atoms with Crippen molar-refractivity contribution in [3.8, 4) is 0 Å². The SMILES string of the molecule is COC(=O)c1ccc2c(c1)NC(=O)C2=C(Nc1ccc(N(C)C(=O)CN2CCN(C)CC2)cc1)c1ccccc1.CS(=O)(=O)O. The van der Waals surface area contributed by atoms with Crippen LogP contribution < -0.4 is 15.5 Å². The second kappa shape index (κ2) is 14.5. The quantitative estimate of drug-likeness (QED) is 0.201. The molecule has 2 amide bonds. The van der Waals surface area contributed by atoms with Gasteiger partial charge in [-0.05, 0) is 49.0 Å². The van der Waals surface area contributed by atoms with Crippen LogP contribution in [0.4, 0.5) is 17.1 Å². The van der Waals surface area contributed by atoms with Crippen molar-refractivity contribution in [1.82, 2.24) is 9.80 Å². The van der Waals surface area contributed by atoms with Crippen LogP contribution in [-0.4, -0.2) is 101 Å². The molecule has 12 nitrogen and oxygen atoms in total. The van der Waals surface area contributed by atoms with Crippen LogP contribution in [0.15, 0.2) is 72.8 Å². The molecule has 13 heteroatoms. The first-order valence-electron chi connectivity index (χ1n) is 14.1. The first-order chi connectivity index (χ1) is 21.3. The number of piperazine rings is 1. The molecule has 2 aliphatic rings. The van der Waals surface area contributed by atoms with E-state index in [2.05, 4.69) is 27.5 Å². The minimum absolute atomic E-state index is 0.0444. The fraction of sp³-hybridized carbons (Fsp3) is 0.281. The number of nitrogens with one attached hydrogen (secondary N) is 2. The number of esters is 1. The van der Waals surface area contributed by atoms with E-state index in [1.54, 1.807) is 30.1 Å². The van der Waals surface area contributed by atoms with Crippen LogP contribution in [0.3, 0.4) is 0 Å². The fourth-order valence-electron chi connectivity index (χ4n) is 4.91. The maximum absolute atomic E-state index is 13.2. The average molecular weight is 636 g/mol. The first-order valence-corrected chi connectivity index (χ1v) is 16.0. The minimum Gasteiger partial charge on any atom is -0.465 e. The maximum Gasteiger partial charge on any atom is 0.337 e. The van der Waals surface area contributed by atoms with Gasteiger partial charge in [0.25, 0.3) is 16.0 Å². The van der Waals surface area contributed by atoms with E-state index >= 15 is 0 Å². The Morgan fingerprint density at radius 2 is 1.60 bits per heavy atom. The van der Waals surface area contributed by atoms with Crippen molar-refractivity contribution in [3.05, 3.63) is 89.5 Å². The van der Waals surface area contributed by atoms with Crippen LogP contribution in [0.1, 0.15) is 21.5 Å². The zero-order valence-electron chi connectivity index (χ0n) is 25.6. The standard InChI is InChI=1S/C31H33N5O4.CH4O3S/c1-34-15-17-36(18-16-34)20-27(37)35(2)24-12-10-23(11-13-24)32-29(21-7-5-4-6-8-21)28-25-14-9-22(31(39)40-3)19-26(25)33-30(28)38;1-5(2,3)4/h4-14,19,32H,15-18,20H2,1-3H3,(H,33,38);1H3,(H,2,3,4). The summed E-state index contributed by atoms with van der Waals surface area (Å²) in [7, 11) is 1.54. The lowest BCUT2D eigenvalue weighted by Crippen LogP contribution is -2.48. The third-order valence-corrected chi connectivity index (χ3v) is 7.35. The predicted octanol–water partition coefficient (Wildman–Crippen LogP) is 3.12. The van der Waals surface area contributed by atoms with Gasteiger partial charge in [-0.1, -0.05) is 36.4 Å². The van der Waals surface area contributed by atoms with Crippen molar-refractivity contribution < 1.29 is 32.1 Å². The van der Waals surface area contributed by atoms with Crippen LogP contribution in [0.5, 0.6) is 0 Å². The van der Waals surface area contributed by atoms with Crippen molar-refractivity contribution in [1.29, 1.82) is 0 Å². The Morgan fingerprint density at radius 3 is 2.20 bits per heavy atom. The summed E-state index contributed by atoms with van der Waals surface area (Å²) in [5, 5.41) is 6.31. The summed E-state index contributed by atoms with van der Waals surface area (Å²) < 4.78 is 30.7. The fourth-order valence-corrected chi connectivity index (χ4v) is 4.91. The van der Waals surface area contributed by atoms with E-state index in [0.717, 1.165) is 43.1 Å². The molecule has 45 heavy (non-hydrogen) atoms. The first kappa shape index (κ1) is 33.3. The Labute approximate surface area is 263 Å². The number of benzene rings is 3. The highest BCUT2D eigenvalue weighted by molar-refractivity contribution is 7.85. The summed E-state index contributed by atoms with van der Waals surface area (Å²) in [5.74, 6) is -0.694. The molecule has 0 unspecified atom stereocenters. The van der Waals surface area contributed by atoms with Crippen LogP contribution >= 0.6 is 0 Å². The number of hydrogen-bond donors (Lipinski definition) is 3. The summed E-state index contributed by atoms with van der Waals surface area (Å²) in [5.41, 5.74) is 5.10. The smallest absolute Gasteiger partial charge is 0.337 e. The maximum atomic E-state index is 13.2. The summed E-state index contributed by atoms with van der Waals surface area (Å²) in [6.07, 6.45) is 0.715. The molecule has 0 atom stereocenters. The van der Waals surface area contributed by atoms with Gasteiger partial charge in [-0.3, -0.25) is 19.0 Å². The lowest BCUT2D eigenvalue weighted by Gasteiger charge is -2.32. The van der Waals surface area contributed by atoms with Crippen molar-refractivity contribution in [2.24, 2.45) is 0 Å². The van der Waals surface area contributed by atoms with Crippen molar-refractivity contribution in [2.75, 3.05) is 75.7 Å². The minimum atomic E-state index is -3.67. The van der Waals surface area contributed by atoms with Gasteiger partial charge in [0.2, 0.25) is 5.91 Å². The summed E-state index contributed by atoms with van der Waals surface area (Å²) >= 11 is 0. The monoisotopic (exact) mass is 635 g/mol. The normalized spacial score (nSPS) is 16.1. The third-order valence-electron chi connectivity index (χ3n) is 7.35. The summed E-state index contributed by atoms with van der Waals surface area (Å²) in [4.78, 5) is 44.3. The van der Waals surface area contributed by atoms with E-state index in [0.29, 0.717) is 40.9 Å². The highest BCUT2D eigenvalue weighted by atomic mass is 32.2. The Hall–Kier alpha value is -4.56. The second-order valence-corrected chi connectivity index (χ2v) is 12.2. The molecule has 3 N–H and O–H groups in total. The number of anilines is 3. The number of methoxy groups -OCH3 is 1. The Kier molecular flexibility index (Phi) is 10.7. The van der Waals surface area contributed by atoms with Crippen molar-refractivity contribution in [3.63, 3.8) is 0 Å².